The molecule has 1 unspecified atom stereocenters. The molecule has 4 rings (SSSR count). The number of hydrogen-bond donors (Lipinski definition) is 1. The molecule has 1 amide bonds. The Hall–Kier alpha value is -2.53. The van der Waals surface area contributed by atoms with E-state index in [9.17, 15) is 4.79 Å². The van der Waals surface area contributed by atoms with E-state index in [4.69, 9.17) is 4.74 Å². The van der Waals surface area contributed by atoms with E-state index in [1.165, 1.54) is 29.8 Å². The first-order valence-corrected chi connectivity index (χ1v) is 11.3. The van der Waals surface area contributed by atoms with E-state index in [1.54, 1.807) is 0 Å². The Balaban J connectivity index is 1.39. The number of fused-ring (bicyclic) bond motifs is 1. The Morgan fingerprint density at radius 3 is 2.67 bits per heavy atom. The highest BCUT2D eigenvalue weighted by atomic mass is 16.5. The molecule has 0 radical (unpaired) electrons. The largest absolute Gasteiger partial charge is 0.445 e. The fraction of sp³-hybridized carbons (Fsp3) is 0.480. The maximum atomic E-state index is 12.4. The van der Waals surface area contributed by atoms with Gasteiger partial charge in [0.15, 0.2) is 0 Å². The van der Waals surface area contributed by atoms with Crippen molar-refractivity contribution in [2.75, 3.05) is 37.6 Å². The second-order valence-corrected chi connectivity index (χ2v) is 8.36. The van der Waals surface area contributed by atoms with Crippen molar-refractivity contribution in [2.45, 2.75) is 45.3 Å². The van der Waals surface area contributed by atoms with Crippen LogP contribution in [0.3, 0.4) is 0 Å². The molecule has 0 bridgehead atoms. The molecule has 2 aliphatic rings. The number of anilines is 1. The van der Waals surface area contributed by atoms with E-state index >= 15 is 0 Å². The molecule has 2 aromatic rings. The first-order chi connectivity index (χ1) is 14.7. The van der Waals surface area contributed by atoms with Crippen LogP contribution in [0.2, 0.25) is 0 Å². The minimum absolute atomic E-state index is 0.0263. The molecule has 1 saturated heterocycles. The van der Waals surface area contributed by atoms with Crippen molar-refractivity contribution in [2.24, 2.45) is 0 Å². The van der Waals surface area contributed by atoms with Crippen molar-refractivity contribution in [3.63, 3.8) is 0 Å². The second-order valence-electron chi connectivity index (χ2n) is 8.36. The number of nitrogens with one attached hydrogen (secondary N) is 1. The van der Waals surface area contributed by atoms with Crippen LogP contribution in [-0.4, -0.2) is 43.7 Å². The summed E-state index contributed by atoms with van der Waals surface area (Å²) in [4.78, 5) is 17.5. The van der Waals surface area contributed by atoms with E-state index in [-0.39, 0.29) is 12.1 Å². The molecule has 0 spiro atoms. The predicted octanol–water partition coefficient (Wildman–Crippen LogP) is 4.52. The van der Waals surface area contributed by atoms with Gasteiger partial charge in [-0.15, -0.1) is 0 Å². The molecule has 1 heterocycles. The van der Waals surface area contributed by atoms with Gasteiger partial charge >= 0.3 is 6.09 Å². The average Bonchev–Trinajstić information content (AvgIpc) is 2.79. The van der Waals surface area contributed by atoms with Crippen LogP contribution in [0.1, 0.15) is 48.9 Å². The standard InChI is InChI=1S/C25H33N3O2/c1-2-13-27-14-16-28(17-15-27)22-12-11-21-9-6-10-24(23(21)18-22)26-25(29)30-19-20-7-4-3-5-8-20/h3-5,7-8,11-12,18,24H,2,6,9-10,13-17,19H2,1H3,(H,26,29). The van der Waals surface area contributed by atoms with Crippen LogP contribution >= 0.6 is 0 Å². The second kappa shape index (κ2) is 9.98. The first-order valence-electron chi connectivity index (χ1n) is 11.3. The van der Waals surface area contributed by atoms with Crippen molar-refractivity contribution >= 4 is 11.8 Å². The maximum Gasteiger partial charge on any atom is 0.407 e. The van der Waals surface area contributed by atoms with Gasteiger partial charge in [0, 0.05) is 31.9 Å². The number of aryl methyl sites for hydroxylation is 1. The topological polar surface area (TPSA) is 44.8 Å². The summed E-state index contributed by atoms with van der Waals surface area (Å²) in [6, 6.07) is 16.6. The molecule has 5 heteroatoms. The van der Waals surface area contributed by atoms with Gasteiger partial charge in [-0.2, -0.15) is 0 Å². The van der Waals surface area contributed by atoms with Gasteiger partial charge in [0.05, 0.1) is 6.04 Å². The smallest absolute Gasteiger partial charge is 0.407 e. The number of amides is 1. The number of carbonyl (C=O) groups is 1. The number of hydrogen-bond acceptors (Lipinski definition) is 4. The number of piperazine rings is 1. The highest BCUT2D eigenvalue weighted by Gasteiger charge is 2.24. The predicted molar refractivity (Wildman–Crippen MR) is 121 cm³/mol. The van der Waals surface area contributed by atoms with E-state index in [2.05, 4.69) is 40.2 Å². The average molecular weight is 408 g/mol. The van der Waals surface area contributed by atoms with Crippen molar-refractivity contribution in [1.82, 2.24) is 10.2 Å². The normalized spacial score (nSPS) is 19.2. The molecule has 1 atom stereocenters. The van der Waals surface area contributed by atoms with Crippen molar-refractivity contribution in [1.29, 1.82) is 0 Å². The van der Waals surface area contributed by atoms with E-state index < -0.39 is 0 Å². The Bertz CT molecular complexity index is 832. The lowest BCUT2D eigenvalue weighted by molar-refractivity contribution is 0.134. The summed E-state index contributed by atoms with van der Waals surface area (Å²) in [5.74, 6) is 0. The van der Waals surface area contributed by atoms with Gasteiger partial charge in [-0.3, -0.25) is 4.90 Å². The SMILES string of the molecule is CCCN1CCN(c2ccc3c(c2)C(NC(=O)OCc2ccccc2)CCC3)CC1. The van der Waals surface area contributed by atoms with E-state index in [0.29, 0.717) is 6.61 Å². The fourth-order valence-electron chi connectivity index (χ4n) is 4.59. The highest BCUT2D eigenvalue weighted by molar-refractivity contribution is 5.68. The number of ether oxygens (including phenoxy) is 1. The third-order valence-electron chi connectivity index (χ3n) is 6.23. The summed E-state index contributed by atoms with van der Waals surface area (Å²) in [5.41, 5.74) is 4.88. The van der Waals surface area contributed by atoms with E-state index in [1.807, 2.05) is 30.3 Å². The molecule has 160 valence electrons. The molecule has 1 fully saturated rings. The van der Waals surface area contributed by atoms with Crippen LogP contribution in [0.5, 0.6) is 0 Å². The minimum atomic E-state index is -0.338. The molecule has 1 N–H and O–H groups in total. The zero-order chi connectivity index (χ0) is 20.8. The van der Waals surface area contributed by atoms with Crippen molar-refractivity contribution < 1.29 is 9.53 Å². The Morgan fingerprint density at radius 1 is 1.10 bits per heavy atom. The minimum Gasteiger partial charge on any atom is -0.445 e. The number of alkyl carbamates (subject to hydrolysis) is 1. The van der Waals surface area contributed by atoms with Gasteiger partial charge in [0.2, 0.25) is 0 Å². The molecule has 0 saturated carbocycles. The van der Waals surface area contributed by atoms with Crippen molar-refractivity contribution in [3.8, 4) is 0 Å². The lowest BCUT2D eigenvalue weighted by Crippen LogP contribution is -2.46. The van der Waals surface area contributed by atoms with Gasteiger partial charge in [-0.1, -0.05) is 43.3 Å². The monoisotopic (exact) mass is 407 g/mol. The maximum absolute atomic E-state index is 12.4. The van der Waals surface area contributed by atoms with Gasteiger partial charge in [0.25, 0.3) is 0 Å². The summed E-state index contributed by atoms with van der Waals surface area (Å²) in [5, 5.41) is 3.11. The molecule has 2 aromatic carbocycles. The van der Waals surface area contributed by atoms with Crippen LogP contribution in [0, 0.1) is 0 Å². The third kappa shape index (κ3) is 5.14. The Labute approximate surface area is 180 Å². The molecule has 0 aromatic heterocycles. The van der Waals surface area contributed by atoms with Crippen LogP contribution in [-0.2, 0) is 17.8 Å². The fourth-order valence-corrected chi connectivity index (χ4v) is 4.59. The number of rotatable bonds is 6. The Morgan fingerprint density at radius 2 is 1.90 bits per heavy atom. The van der Waals surface area contributed by atoms with Crippen LogP contribution in [0.4, 0.5) is 10.5 Å². The number of carbonyl (C=O) groups excluding carboxylic acids is 1. The summed E-state index contributed by atoms with van der Waals surface area (Å²) >= 11 is 0. The first kappa shape index (κ1) is 20.7. The van der Waals surface area contributed by atoms with Crippen LogP contribution in [0.15, 0.2) is 48.5 Å². The van der Waals surface area contributed by atoms with Crippen molar-refractivity contribution in [3.05, 3.63) is 65.2 Å². The van der Waals surface area contributed by atoms with E-state index in [0.717, 1.165) is 51.0 Å². The lowest BCUT2D eigenvalue weighted by atomic mass is 9.87. The number of benzene rings is 2. The molecule has 1 aliphatic carbocycles. The Kier molecular flexibility index (Phi) is 6.90. The van der Waals surface area contributed by atoms with Gasteiger partial charge < -0.3 is 15.0 Å². The summed E-state index contributed by atoms with van der Waals surface area (Å²) in [6.07, 6.45) is 4.01. The molecule has 5 nitrogen and oxygen atoms in total. The molecular weight excluding hydrogens is 374 g/mol. The molecular formula is C25H33N3O2. The summed E-state index contributed by atoms with van der Waals surface area (Å²) in [6.45, 7) is 8.11. The summed E-state index contributed by atoms with van der Waals surface area (Å²) < 4.78 is 5.46. The van der Waals surface area contributed by atoms with Gasteiger partial charge in [-0.05, 0) is 61.1 Å². The number of nitrogens with zero attached hydrogens (tertiary/aromatic N) is 2. The molecule has 30 heavy (non-hydrogen) atoms. The van der Waals surface area contributed by atoms with Crippen LogP contribution in [0.25, 0.3) is 0 Å². The van der Waals surface area contributed by atoms with Gasteiger partial charge in [0.1, 0.15) is 6.61 Å². The van der Waals surface area contributed by atoms with Crippen LogP contribution < -0.4 is 10.2 Å². The zero-order valence-corrected chi connectivity index (χ0v) is 18.0. The highest BCUT2D eigenvalue weighted by Crippen LogP contribution is 2.33. The lowest BCUT2D eigenvalue weighted by Gasteiger charge is -2.37. The van der Waals surface area contributed by atoms with Gasteiger partial charge in [-0.25, -0.2) is 4.79 Å². The summed E-state index contributed by atoms with van der Waals surface area (Å²) in [7, 11) is 0. The zero-order valence-electron chi connectivity index (χ0n) is 18.0. The molecule has 1 aliphatic heterocycles. The third-order valence-corrected chi connectivity index (χ3v) is 6.23. The quantitative estimate of drug-likeness (QED) is 0.765.